The quantitative estimate of drug-likeness (QED) is 0.777. The minimum Gasteiger partial charge on any atom is -0.384 e. The van der Waals surface area contributed by atoms with Gasteiger partial charge in [-0.1, -0.05) is 33.1 Å². The van der Waals surface area contributed by atoms with Gasteiger partial charge in [0.1, 0.15) is 0 Å². The zero-order valence-corrected chi connectivity index (χ0v) is 13.1. The zero-order chi connectivity index (χ0) is 16.1. The molecule has 0 saturated heterocycles. The summed E-state index contributed by atoms with van der Waals surface area (Å²) in [6.45, 7) is 3.93. The van der Waals surface area contributed by atoms with Gasteiger partial charge >= 0.3 is 5.76 Å². The highest BCUT2D eigenvalue weighted by molar-refractivity contribution is 5.98. The van der Waals surface area contributed by atoms with Crippen molar-refractivity contribution in [2.75, 3.05) is 0 Å². The zero-order valence-electron chi connectivity index (χ0n) is 13.1. The highest BCUT2D eigenvalue weighted by atomic mass is 16.4. The summed E-state index contributed by atoms with van der Waals surface area (Å²) >= 11 is 0. The molecule has 1 atom stereocenters. The molecule has 1 aliphatic rings. The molecule has 1 heterocycles. The molecule has 122 valence electrons. The fraction of sp³-hybridized carbons (Fsp3) is 0.733. The highest BCUT2D eigenvalue weighted by Crippen LogP contribution is 2.24. The third-order valence-electron chi connectivity index (χ3n) is 3.96. The van der Waals surface area contributed by atoms with Gasteiger partial charge in [0.05, 0.1) is 6.04 Å². The molecule has 1 amide bonds. The minimum absolute atomic E-state index is 0.0256. The minimum atomic E-state index is -0.773. The van der Waals surface area contributed by atoms with E-state index in [1.807, 2.05) is 13.8 Å². The summed E-state index contributed by atoms with van der Waals surface area (Å²) in [6, 6.07) is -0.708. The highest BCUT2D eigenvalue weighted by Gasteiger charge is 2.30. The Kier molecular flexibility index (Phi) is 5.51. The van der Waals surface area contributed by atoms with E-state index in [4.69, 9.17) is 4.42 Å². The molecule has 2 rings (SSSR count). The predicted octanol–water partition coefficient (Wildman–Crippen LogP) is 1.66. The molecule has 0 spiro atoms. The van der Waals surface area contributed by atoms with Crippen LogP contribution >= 0.6 is 0 Å². The summed E-state index contributed by atoms with van der Waals surface area (Å²) in [5.74, 6) is -1.41. The van der Waals surface area contributed by atoms with Crippen molar-refractivity contribution in [3.05, 3.63) is 16.4 Å². The van der Waals surface area contributed by atoms with Crippen LogP contribution in [0.3, 0.4) is 0 Å². The number of carbonyl (C=O) groups is 2. The average molecular weight is 309 g/mol. The molecule has 2 N–H and O–H groups in total. The van der Waals surface area contributed by atoms with Crippen molar-refractivity contribution in [3.63, 3.8) is 0 Å². The van der Waals surface area contributed by atoms with Gasteiger partial charge in [-0.15, -0.1) is 5.10 Å². The summed E-state index contributed by atoms with van der Waals surface area (Å²) in [4.78, 5) is 35.7. The third-order valence-corrected chi connectivity index (χ3v) is 3.96. The Morgan fingerprint density at radius 2 is 2.00 bits per heavy atom. The molecule has 1 aliphatic carbocycles. The molecule has 0 radical (unpaired) electrons. The van der Waals surface area contributed by atoms with Crippen LogP contribution in [0, 0.1) is 11.8 Å². The number of H-pyrrole nitrogens is 1. The Hall–Kier alpha value is -1.92. The molecule has 1 aromatic rings. The number of nitrogens with zero attached hydrogens (tertiary/aromatic N) is 1. The summed E-state index contributed by atoms with van der Waals surface area (Å²) < 4.78 is 4.71. The second-order valence-electron chi connectivity index (χ2n) is 6.31. The number of nitrogens with one attached hydrogen (secondary N) is 2. The van der Waals surface area contributed by atoms with Crippen LogP contribution in [0.2, 0.25) is 0 Å². The second-order valence-corrected chi connectivity index (χ2v) is 6.31. The van der Waals surface area contributed by atoms with Gasteiger partial charge in [0.15, 0.2) is 0 Å². The van der Waals surface area contributed by atoms with E-state index in [9.17, 15) is 14.4 Å². The fourth-order valence-corrected chi connectivity index (χ4v) is 2.84. The maximum absolute atomic E-state index is 12.4. The molecule has 7 heteroatoms. The predicted molar refractivity (Wildman–Crippen MR) is 79.4 cm³/mol. The van der Waals surface area contributed by atoms with Crippen molar-refractivity contribution in [1.29, 1.82) is 0 Å². The Balaban J connectivity index is 2.06. The van der Waals surface area contributed by atoms with Gasteiger partial charge < -0.3 is 9.73 Å². The molecular weight excluding hydrogens is 286 g/mol. The first-order valence-electron chi connectivity index (χ1n) is 7.87. The molecule has 0 aromatic carbocycles. The monoisotopic (exact) mass is 309 g/mol. The number of hydrogen-bond acceptors (Lipinski definition) is 5. The van der Waals surface area contributed by atoms with E-state index < -0.39 is 17.6 Å². The van der Waals surface area contributed by atoms with E-state index in [1.54, 1.807) is 0 Å². The summed E-state index contributed by atoms with van der Waals surface area (Å²) in [5, 5.41) is 8.45. The molecule has 22 heavy (non-hydrogen) atoms. The summed E-state index contributed by atoms with van der Waals surface area (Å²) in [7, 11) is 0. The molecule has 1 aromatic heterocycles. The van der Waals surface area contributed by atoms with E-state index in [1.165, 1.54) is 0 Å². The van der Waals surface area contributed by atoms with Gasteiger partial charge in [-0.2, -0.15) is 0 Å². The van der Waals surface area contributed by atoms with Crippen LogP contribution in [0.25, 0.3) is 0 Å². The lowest BCUT2D eigenvalue weighted by atomic mass is 9.88. The Morgan fingerprint density at radius 1 is 1.32 bits per heavy atom. The number of hydrogen-bond donors (Lipinski definition) is 2. The summed E-state index contributed by atoms with van der Waals surface area (Å²) in [5.41, 5.74) is 0. The number of amides is 1. The molecule has 0 bridgehead atoms. The Bertz CT molecular complexity index is 569. The standard InChI is InChI=1S/C15H23N3O4/c1-9(2)8-11(12(19)14-17-18-15(21)22-14)16-13(20)10-6-4-3-5-7-10/h9-11H,3-8H2,1-2H3,(H,16,20)(H,18,21)/t11-/m0/s1. The smallest absolute Gasteiger partial charge is 0.384 e. The lowest BCUT2D eigenvalue weighted by Gasteiger charge is -2.24. The van der Waals surface area contributed by atoms with Crippen molar-refractivity contribution < 1.29 is 14.0 Å². The van der Waals surface area contributed by atoms with Crippen LogP contribution in [0.15, 0.2) is 9.21 Å². The molecule has 0 unspecified atom stereocenters. The van der Waals surface area contributed by atoms with Crippen LogP contribution in [-0.2, 0) is 4.79 Å². The van der Waals surface area contributed by atoms with Gasteiger partial charge in [0.2, 0.25) is 11.7 Å². The largest absolute Gasteiger partial charge is 0.434 e. The van der Waals surface area contributed by atoms with Crippen molar-refractivity contribution in [2.24, 2.45) is 11.8 Å². The first-order chi connectivity index (χ1) is 10.5. The fourth-order valence-electron chi connectivity index (χ4n) is 2.84. The maximum atomic E-state index is 12.4. The van der Waals surface area contributed by atoms with E-state index in [0.29, 0.717) is 6.42 Å². The van der Waals surface area contributed by atoms with Gasteiger partial charge in [0.25, 0.3) is 5.89 Å². The van der Waals surface area contributed by atoms with Crippen molar-refractivity contribution in [1.82, 2.24) is 15.5 Å². The molecule has 1 saturated carbocycles. The Morgan fingerprint density at radius 3 is 2.55 bits per heavy atom. The van der Waals surface area contributed by atoms with Gasteiger partial charge in [-0.25, -0.2) is 9.89 Å². The van der Waals surface area contributed by atoms with Gasteiger partial charge in [-0.3, -0.25) is 9.59 Å². The first-order valence-corrected chi connectivity index (χ1v) is 7.87. The third kappa shape index (κ3) is 4.29. The second kappa shape index (κ2) is 7.38. The number of rotatable bonds is 6. The molecule has 0 aliphatic heterocycles. The lowest BCUT2D eigenvalue weighted by Crippen LogP contribution is -2.45. The van der Waals surface area contributed by atoms with Crippen LogP contribution in [0.4, 0.5) is 0 Å². The van der Waals surface area contributed by atoms with E-state index >= 15 is 0 Å². The van der Waals surface area contributed by atoms with Crippen molar-refractivity contribution >= 4 is 11.7 Å². The van der Waals surface area contributed by atoms with E-state index in [0.717, 1.165) is 32.1 Å². The Labute approximate surface area is 128 Å². The molecular formula is C15H23N3O4. The molecule has 7 nitrogen and oxygen atoms in total. The number of aromatic nitrogens is 2. The number of carbonyl (C=O) groups excluding carboxylic acids is 2. The lowest BCUT2D eigenvalue weighted by molar-refractivity contribution is -0.126. The van der Waals surface area contributed by atoms with Gasteiger partial charge in [-0.05, 0) is 25.2 Å². The van der Waals surface area contributed by atoms with Crippen LogP contribution in [-0.4, -0.2) is 27.9 Å². The molecule has 1 fully saturated rings. The van der Waals surface area contributed by atoms with E-state index in [-0.39, 0.29) is 23.6 Å². The first kappa shape index (κ1) is 16.5. The number of Topliss-reactive ketones (excluding diaryl/α,β-unsaturated/α-hetero) is 1. The van der Waals surface area contributed by atoms with Crippen LogP contribution in [0.5, 0.6) is 0 Å². The summed E-state index contributed by atoms with van der Waals surface area (Å²) in [6.07, 6.45) is 5.48. The SMILES string of the molecule is CC(C)C[C@H](NC(=O)C1CCCCC1)C(=O)c1n[nH]c(=O)o1. The van der Waals surface area contributed by atoms with Crippen molar-refractivity contribution in [2.45, 2.75) is 58.4 Å². The van der Waals surface area contributed by atoms with Gasteiger partial charge in [0, 0.05) is 5.92 Å². The normalized spacial score (nSPS) is 17.4. The van der Waals surface area contributed by atoms with Crippen LogP contribution < -0.4 is 11.1 Å². The maximum Gasteiger partial charge on any atom is 0.434 e. The van der Waals surface area contributed by atoms with Crippen LogP contribution in [0.1, 0.15) is 63.1 Å². The topological polar surface area (TPSA) is 105 Å². The average Bonchev–Trinajstić information content (AvgIpc) is 2.92. The number of ketones is 1. The van der Waals surface area contributed by atoms with Crippen molar-refractivity contribution in [3.8, 4) is 0 Å². The van der Waals surface area contributed by atoms with E-state index in [2.05, 4.69) is 15.5 Å². The number of aromatic amines is 1.